The van der Waals surface area contributed by atoms with E-state index in [9.17, 15) is 4.79 Å². The molecule has 33 heavy (non-hydrogen) atoms. The summed E-state index contributed by atoms with van der Waals surface area (Å²) in [6.45, 7) is 0. The fourth-order valence-electron chi connectivity index (χ4n) is 4.66. The summed E-state index contributed by atoms with van der Waals surface area (Å²) in [5.74, 6) is 0.149. The van der Waals surface area contributed by atoms with E-state index in [0.717, 1.165) is 36.1 Å². The quantitative estimate of drug-likeness (QED) is 0.412. The van der Waals surface area contributed by atoms with Crippen molar-refractivity contribution in [1.29, 1.82) is 0 Å². The number of amides is 2. The molecule has 1 N–H and O–H groups in total. The van der Waals surface area contributed by atoms with Gasteiger partial charge in [0.05, 0.1) is 21.8 Å². The third kappa shape index (κ3) is 4.54. The molecule has 0 saturated heterocycles. The molecule has 1 heterocycles. The Labute approximate surface area is 203 Å². The van der Waals surface area contributed by atoms with Crippen molar-refractivity contribution in [2.75, 3.05) is 5.32 Å². The van der Waals surface area contributed by atoms with E-state index < -0.39 is 0 Å². The van der Waals surface area contributed by atoms with Crippen molar-refractivity contribution in [2.24, 2.45) is 11.0 Å². The Hall–Kier alpha value is -3.08. The van der Waals surface area contributed by atoms with E-state index in [1.807, 2.05) is 36.4 Å². The molecule has 0 aromatic heterocycles. The minimum atomic E-state index is -0.289. The second-order valence-electron chi connectivity index (χ2n) is 8.32. The molecule has 166 valence electrons. The lowest BCUT2D eigenvalue weighted by atomic mass is 9.77. The van der Waals surface area contributed by atoms with Crippen LogP contribution in [0.15, 0.2) is 89.5 Å². The molecule has 5 rings (SSSR count). The number of carbonyl (C=O) groups excluding carboxylic acids is 1. The third-order valence-electron chi connectivity index (χ3n) is 6.16. The van der Waals surface area contributed by atoms with Crippen LogP contribution in [0.2, 0.25) is 10.0 Å². The number of carbonyl (C=O) groups is 1. The number of urea groups is 1. The molecule has 0 bridgehead atoms. The maximum atomic E-state index is 13.4. The van der Waals surface area contributed by atoms with Gasteiger partial charge in [0.2, 0.25) is 0 Å². The summed E-state index contributed by atoms with van der Waals surface area (Å²) in [5.41, 5.74) is 5.00. The predicted molar refractivity (Wildman–Crippen MR) is 136 cm³/mol. The predicted octanol–water partition coefficient (Wildman–Crippen LogP) is 7.82. The average molecular weight is 476 g/mol. The van der Waals surface area contributed by atoms with Crippen molar-refractivity contribution < 1.29 is 4.79 Å². The van der Waals surface area contributed by atoms with E-state index in [1.54, 1.807) is 23.2 Å². The number of fused-ring (bicyclic) bond motifs is 1. The Morgan fingerprint density at radius 3 is 2.42 bits per heavy atom. The number of halogens is 2. The van der Waals surface area contributed by atoms with Gasteiger partial charge in [-0.3, -0.25) is 0 Å². The summed E-state index contributed by atoms with van der Waals surface area (Å²) in [5, 5.41) is 10.3. The van der Waals surface area contributed by atoms with Crippen molar-refractivity contribution in [3.8, 4) is 0 Å². The van der Waals surface area contributed by atoms with E-state index in [0.29, 0.717) is 15.7 Å². The van der Waals surface area contributed by atoms with Crippen molar-refractivity contribution in [3.63, 3.8) is 0 Å². The zero-order chi connectivity index (χ0) is 22.8. The molecular weight excluding hydrogens is 453 g/mol. The second kappa shape index (κ2) is 9.42. The van der Waals surface area contributed by atoms with Crippen LogP contribution < -0.4 is 5.32 Å². The van der Waals surface area contributed by atoms with Crippen LogP contribution in [-0.4, -0.2) is 16.8 Å². The van der Waals surface area contributed by atoms with Gasteiger partial charge in [-0.25, -0.2) is 9.80 Å². The Balaban J connectivity index is 1.51. The van der Waals surface area contributed by atoms with Gasteiger partial charge in [-0.1, -0.05) is 83.9 Å². The molecule has 0 radical (unpaired) electrons. The van der Waals surface area contributed by atoms with Crippen molar-refractivity contribution >= 4 is 46.7 Å². The van der Waals surface area contributed by atoms with E-state index in [4.69, 9.17) is 28.3 Å². The number of nitrogens with one attached hydrogen (secondary N) is 1. The molecule has 6 heteroatoms. The van der Waals surface area contributed by atoms with Gasteiger partial charge in [0.25, 0.3) is 0 Å². The fourth-order valence-corrected chi connectivity index (χ4v) is 4.95. The number of nitrogens with zero attached hydrogens (tertiary/aromatic N) is 2. The lowest BCUT2D eigenvalue weighted by Gasteiger charge is -2.29. The highest BCUT2D eigenvalue weighted by atomic mass is 35.5. The van der Waals surface area contributed by atoms with E-state index in [-0.39, 0.29) is 18.0 Å². The molecule has 0 spiro atoms. The number of anilines is 1. The van der Waals surface area contributed by atoms with Gasteiger partial charge in [0.15, 0.2) is 0 Å². The van der Waals surface area contributed by atoms with Gasteiger partial charge in [-0.15, -0.1) is 0 Å². The van der Waals surface area contributed by atoms with Gasteiger partial charge in [-0.05, 0) is 60.2 Å². The number of hydrogen-bond donors (Lipinski definition) is 1. The van der Waals surface area contributed by atoms with Crippen LogP contribution in [0.1, 0.15) is 36.4 Å². The van der Waals surface area contributed by atoms with Crippen LogP contribution in [0.4, 0.5) is 10.5 Å². The molecule has 1 saturated carbocycles. The van der Waals surface area contributed by atoms with E-state index >= 15 is 0 Å². The monoisotopic (exact) mass is 475 g/mol. The minimum absolute atomic E-state index is 0.149. The fraction of sp³-hybridized carbons (Fsp3) is 0.185. The number of hydrogen-bond acceptors (Lipinski definition) is 2. The van der Waals surface area contributed by atoms with Crippen LogP contribution in [0.3, 0.4) is 0 Å². The maximum absolute atomic E-state index is 13.4. The Kier molecular flexibility index (Phi) is 6.21. The van der Waals surface area contributed by atoms with E-state index in [2.05, 4.69) is 35.7 Å². The molecule has 2 aliphatic rings. The summed E-state index contributed by atoms with van der Waals surface area (Å²) >= 11 is 12.2. The normalized spacial score (nSPS) is 21.0. The van der Waals surface area contributed by atoms with Gasteiger partial charge in [0.1, 0.15) is 0 Å². The topological polar surface area (TPSA) is 44.7 Å². The van der Waals surface area contributed by atoms with Crippen molar-refractivity contribution in [2.45, 2.75) is 25.3 Å². The molecule has 4 nitrogen and oxygen atoms in total. The molecule has 3 aromatic rings. The number of rotatable bonds is 3. The number of benzene rings is 3. The van der Waals surface area contributed by atoms with Crippen LogP contribution in [-0.2, 0) is 0 Å². The number of hydrazone groups is 1. The molecule has 2 amide bonds. The lowest BCUT2D eigenvalue weighted by molar-refractivity contribution is 0.188. The van der Waals surface area contributed by atoms with Crippen molar-refractivity contribution in [3.05, 3.63) is 106 Å². The molecular formula is C27H23Cl2N3O. The molecule has 1 fully saturated rings. The molecule has 1 aliphatic carbocycles. The molecule has 2 atom stereocenters. The highest BCUT2D eigenvalue weighted by Crippen LogP contribution is 2.44. The lowest BCUT2D eigenvalue weighted by Crippen LogP contribution is -2.34. The first-order valence-corrected chi connectivity index (χ1v) is 11.8. The zero-order valence-corrected chi connectivity index (χ0v) is 19.4. The van der Waals surface area contributed by atoms with Gasteiger partial charge in [0, 0.05) is 11.6 Å². The smallest absolute Gasteiger partial charge is 0.306 e. The van der Waals surface area contributed by atoms with Crippen LogP contribution >= 0.6 is 23.2 Å². The Morgan fingerprint density at radius 2 is 1.70 bits per heavy atom. The summed E-state index contributed by atoms with van der Waals surface area (Å²) in [6, 6.07) is 25.0. The second-order valence-corrected chi connectivity index (χ2v) is 9.14. The first-order chi connectivity index (χ1) is 16.1. The minimum Gasteiger partial charge on any atom is -0.306 e. The zero-order valence-electron chi connectivity index (χ0n) is 17.9. The highest BCUT2D eigenvalue weighted by molar-refractivity contribution is 6.42. The summed E-state index contributed by atoms with van der Waals surface area (Å²) in [6.07, 6.45) is 5.20. The maximum Gasteiger partial charge on any atom is 0.342 e. The Bertz CT molecular complexity index is 1220. The third-order valence-corrected chi connectivity index (χ3v) is 6.90. The van der Waals surface area contributed by atoms with Gasteiger partial charge >= 0.3 is 6.03 Å². The van der Waals surface area contributed by atoms with Crippen LogP contribution in [0.25, 0.3) is 6.08 Å². The molecule has 1 aliphatic heterocycles. The van der Waals surface area contributed by atoms with Crippen LogP contribution in [0, 0.1) is 5.92 Å². The highest BCUT2D eigenvalue weighted by Gasteiger charge is 2.43. The summed E-state index contributed by atoms with van der Waals surface area (Å²) in [7, 11) is 0. The SMILES string of the molecule is O=C(Nc1ccc(Cl)c(Cl)c1)N1N=C2/C(=C/c3ccccc3)CCC[C@@H]2[C@H]1c1ccccc1. The first-order valence-electron chi connectivity index (χ1n) is 11.0. The number of allylic oxidation sites excluding steroid dienone is 1. The van der Waals surface area contributed by atoms with Crippen molar-refractivity contribution in [1.82, 2.24) is 5.01 Å². The molecule has 3 aromatic carbocycles. The standard InChI is InChI=1S/C27H23Cl2N3O/c28-23-15-14-21(17-24(23)29)30-27(33)32-26(19-10-5-2-6-11-19)22-13-7-12-20(25(22)31-32)16-18-8-3-1-4-9-18/h1-6,8-11,14-17,22,26H,7,12-13H2,(H,30,33)/b20-16+/t22-,26+/m0/s1. The van der Waals surface area contributed by atoms with E-state index in [1.165, 1.54) is 5.57 Å². The van der Waals surface area contributed by atoms with Gasteiger partial charge < -0.3 is 5.32 Å². The van der Waals surface area contributed by atoms with Crippen LogP contribution in [0.5, 0.6) is 0 Å². The average Bonchev–Trinajstić information content (AvgIpc) is 3.24. The molecule has 0 unspecified atom stereocenters. The summed E-state index contributed by atoms with van der Waals surface area (Å²) in [4.78, 5) is 13.4. The Morgan fingerprint density at radius 1 is 0.970 bits per heavy atom. The first kappa shape index (κ1) is 21.7. The summed E-state index contributed by atoms with van der Waals surface area (Å²) < 4.78 is 0. The van der Waals surface area contributed by atoms with Gasteiger partial charge in [-0.2, -0.15) is 5.10 Å². The largest absolute Gasteiger partial charge is 0.342 e.